The van der Waals surface area contributed by atoms with Gasteiger partial charge in [-0.2, -0.15) is 13.2 Å². The summed E-state index contributed by atoms with van der Waals surface area (Å²) in [5, 5.41) is 3.06. The van der Waals surface area contributed by atoms with Crippen LogP contribution in [0.25, 0.3) is 0 Å². The first-order chi connectivity index (χ1) is 17.3. The highest BCUT2D eigenvalue weighted by molar-refractivity contribution is 7.99. The largest absolute Gasteiger partial charge is 0.417 e. The van der Waals surface area contributed by atoms with Gasteiger partial charge in [0.25, 0.3) is 0 Å². The molecule has 2 aromatic rings. The summed E-state index contributed by atoms with van der Waals surface area (Å²) in [5.74, 6) is 0.666. The number of alkyl halides is 3. The Hall–Kier alpha value is -1.31. The number of halogens is 3. The molecule has 1 aliphatic carbocycles. The predicted molar refractivity (Wildman–Crippen MR) is 141 cm³/mol. The second kappa shape index (κ2) is 14.6. The maximum atomic E-state index is 13.7. The fourth-order valence-corrected chi connectivity index (χ4v) is 6.46. The zero-order valence-corrected chi connectivity index (χ0v) is 22.4. The Balaban J connectivity index is 1.50. The average Bonchev–Trinajstić information content (AvgIpc) is 2.87. The zero-order chi connectivity index (χ0) is 25.9. The zero-order valence-electron chi connectivity index (χ0n) is 20.6. The van der Waals surface area contributed by atoms with Crippen LogP contribution in [0.4, 0.5) is 13.2 Å². The minimum absolute atomic E-state index is 0.136. The van der Waals surface area contributed by atoms with Gasteiger partial charge in [-0.15, -0.1) is 11.8 Å². The van der Waals surface area contributed by atoms with Gasteiger partial charge in [0.15, 0.2) is 0 Å². The van der Waals surface area contributed by atoms with Gasteiger partial charge in [-0.3, -0.25) is 4.57 Å². The van der Waals surface area contributed by atoms with Crippen LogP contribution in [0, 0.1) is 0 Å². The SMILES string of the molecule is O=[PH](O)OCCCNCc1ccc(SCCCCC2(c3ccccc3)CCCCC2)c(C(F)(F)F)c1. The van der Waals surface area contributed by atoms with Crippen molar-refractivity contribution in [1.82, 2.24) is 5.32 Å². The number of hydrogen-bond donors (Lipinski definition) is 2. The van der Waals surface area contributed by atoms with E-state index < -0.39 is 20.0 Å². The molecule has 4 nitrogen and oxygen atoms in total. The van der Waals surface area contributed by atoms with Gasteiger partial charge in [0.1, 0.15) is 0 Å². The predicted octanol–water partition coefficient (Wildman–Crippen LogP) is 7.75. The van der Waals surface area contributed by atoms with Crippen LogP contribution in [0.1, 0.15) is 74.5 Å². The third-order valence-corrected chi connectivity index (χ3v) is 8.52. The lowest BCUT2D eigenvalue weighted by atomic mass is 9.67. The summed E-state index contributed by atoms with van der Waals surface area (Å²) in [6, 6.07) is 15.3. The Bertz CT molecular complexity index is 953. The van der Waals surface area contributed by atoms with Crippen LogP contribution in [0.2, 0.25) is 0 Å². The molecule has 0 spiro atoms. The third-order valence-electron chi connectivity index (χ3n) is 6.91. The van der Waals surface area contributed by atoms with E-state index in [0.29, 0.717) is 30.8 Å². The second-order valence-electron chi connectivity index (χ2n) is 9.49. The summed E-state index contributed by atoms with van der Waals surface area (Å²) in [7, 11) is -2.94. The minimum atomic E-state index is -4.40. The molecule has 1 aliphatic rings. The molecule has 2 N–H and O–H groups in total. The number of unbranched alkanes of at least 4 members (excludes halogenated alkanes) is 1. The molecule has 0 amide bonds. The third kappa shape index (κ3) is 9.21. The van der Waals surface area contributed by atoms with Crippen molar-refractivity contribution in [2.45, 2.75) is 80.8 Å². The Kier molecular flexibility index (Phi) is 11.8. The van der Waals surface area contributed by atoms with E-state index in [1.165, 1.54) is 55.5 Å². The van der Waals surface area contributed by atoms with Crippen LogP contribution in [-0.2, 0) is 27.2 Å². The summed E-state index contributed by atoms with van der Waals surface area (Å²) in [4.78, 5) is 8.91. The van der Waals surface area contributed by atoms with Crippen molar-refractivity contribution in [1.29, 1.82) is 0 Å². The van der Waals surface area contributed by atoms with Gasteiger partial charge >= 0.3 is 14.4 Å². The van der Waals surface area contributed by atoms with E-state index >= 15 is 0 Å². The molecule has 0 heterocycles. The van der Waals surface area contributed by atoms with Crippen LogP contribution in [0.5, 0.6) is 0 Å². The molecule has 3 rings (SSSR count). The Morgan fingerprint density at radius 3 is 2.47 bits per heavy atom. The van der Waals surface area contributed by atoms with Crippen LogP contribution in [0.15, 0.2) is 53.4 Å². The lowest BCUT2D eigenvalue weighted by Gasteiger charge is -2.38. The highest BCUT2D eigenvalue weighted by atomic mass is 32.2. The first-order valence-corrected chi connectivity index (χ1v) is 15.0. The van der Waals surface area contributed by atoms with Crippen molar-refractivity contribution in [3.63, 3.8) is 0 Å². The van der Waals surface area contributed by atoms with Crippen LogP contribution >= 0.6 is 20.0 Å². The standard InChI is InChI=1S/C27H37F3NO3PS/c28-27(29,30)24-20-22(21-31-17-9-18-34-35(32)33)12-13-25(24)36-19-8-7-16-26(14-5-2-6-15-26)23-10-3-1-4-11-23/h1,3-4,10-13,20,31,35H,2,5-9,14-19,21H2,(H,32,33). The highest BCUT2D eigenvalue weighted by Gasteiger charge is 2.34. The number of nitrogens with one attached hydrogen (secondary N) is 1. The number of thioether (sulfide) groups is 1. The maximum Gasteiger partial charge on any atom is 0.417 e. The topological polar surface area (TPSA) is 58.6 Å². The maximum absolute atomic E-state index is 13.7. The monoisotopic (exact) mass is 543 g/mol. The van der Waals surface area contributed by atoms with E-state index in [2.05, 4.69) is 40.2 Å². The highest BCUT2D eigenvalue weighted by Crippen LogP contribution is 2.43. The minimum Gasteiger partial charge on any atom is -0.326 e. The van der Waals surface area contributed by atoms with Crippen LogP contribution in [0.3, 0.4) is 0 Å². The van der Waals surface area contributed by atoms with Gasteiger partial charge in [-0.1, -0.05) is 62.1 Å². The summed E-state index contributed by atoms with van der Waals surface area (Å²) >= 11 is 1.29. The fourth-order valence-electron chi connectivity index (χ4n) is 5.07. The molecule has 1 fully saturated rings. The molecule has 200 valence electrons. The van der Waals surface area contributed by atoms with Crippen molar-refractivity contribution < 1.29 is 27.2 Å². The molecule has 1 unspecified atom stereocenters. The Morgan fingerprint density at radius 1 is 1.03 bits per heavy atom. The molecule has 1 saturated carbocycles. The number of hydrogen-bond acceptors (Lipinski definition) is 4. The molecule has 2 aromatic carbocycles. The molecule has 0 aromatic heterocycles. The summed E-state index contributed by atoms with van der Waals surface area (Å²) in [5.41, 5.74) is 1.61. The molecule has 0 saturated heterocycles. The molecular formula is C27H37F3NO3PS. The van der Waals surface area contributed by atoms with Gasteiger partial charge < -0.3 is 14.7 Å². The van der Waals surface area contributed by atoms with E-state index in [1.54, 1.807) is 12.1 Å². The molecule has 0 aliphatic heterocycles. The lowest BCUT2D eigenvalue weighted by Crippen LogP contribution is -2.29. The van der Waals surface area contributed by atoms with E-state index in [4.69, 9.17) is 4.89 Å². The van der Waals surface area contributed by atoms with Crippen molar-refractivity contribution in [3.8, 4) is 0 Å². The fraction of sp³-hybridized carbons (Fsp3) is 0.556. The van der Waals surface area contributed by atoms with Gasteiger partial charge in [-0.05, 0) is 73.1 Å². The normalized spacial score (nSPS) is 16.7. The summed E-state index contributed by atoms with van der Waals surface area (Å²) in [6.07, 6.45) is 5.28. The van der Waals surface area contributed by atoms with E-state index in [-0.39, 0.29) is 16.9 Å². The number of rotatable bonds is 14. The van der Waals surface area contributed by atoms with Crippen molar-refractivity contribution >= 4 is 20.0 Å². The van der Waals surface area contributed by atoms with Crippen molar-refractivity contribution in [3.05, 3.63) is 65.2 Å². The summed E-state index contributed by atoms with van der Waals surface area (Å²) < 4.78 is 56.4. The van der Waals surface area contributed by atoms with Gasteiger partial charge in [0, 0.05) is 11.4 Å². The number of benzene rings is 2. The first-order valence-electron chi connectivity index (χ1n) is 12.8. The van der Waals surface area contributed by atoms with Gasteiger partial charge in [0.2, 0.25) is 0 Å². The Morgan fingerprint density at radius 2 is 1.78 bits per heavy atom. The van der Waals surface area contributed by atoms with Gasteiger partial charge in [-0.25, -0.2) is 0 Å². The van der Waals surface area contributed by atoms with Crippen molar-refractivity contribution in [2.75, 3.05) is 18.9 Å². The second-order valence-corrected chi connectivity index (χ2v) is 11.4. The smallest absolute Gasteiger partial charge is 0.326 e. The molecule has 9 heteroatoms. The lowest BCUT2D eigenvalue weighted by molar-refractivity contribution is -0.139. The quantitative estimate of drug-likeness (QED) is 0.145. The van der Waals surface area contributed by atoms with E-state index in [1.807, 2.05) is 0 Å². The Labute approximate surface area is 217 Å². The molecule has 1 atom stereocenters. The van der Waals surface area contributed by atoms with E-state index in [0.717, 1.165) is 19.3 Å². The van der Waals surface area contributed by atoms with Crippen molar-refractivity contribution in [2.24, 2.45) is 0 Å². The van der Waals surface area contributed by atoms with Crippen LogP contribution in [-0.4, -0.2) is 23.8 Å². The summed E-state index contributed by atoms with van der Waals surface area (Å²) in [6.45, 7) is 0.915. The molecule has 0 bridgehead atoms. The van der Waals surface area contributed by atoms with Gasteiger partial charge in [0.05, 0.1) is 12.2 Å². The molecular weight excluding hydrogens is 506 g/mol. The average molecular weight is 544 g/mol. The van der Waals surface area contributed by atoms with E-state index in [9.17, 15) is 17.7 Å². The molecule has 0 radical (unpaired) electrons. The molecule has 36 heavy (non-hydrogen) atoms. The first kappa shape index (κ1) is 29.2. The van der Waals surface area contributed by atoms with Crippen LogP contribution < -0.4 is 5.32 Å².